The molecule has 7 N–H and O–H groups in total. The van der Waals surface area contributed by atoms with E-state index < -0.39 is 46.3 Å². The molecule has 3 atom stereocenters. The molecule has 4 rings (SSSR count). The summed E-state index contributed by atoms with van der Waals surface area (Å²) < 4.78 is 29.1. The number of fused-ring (bicyclic) bond motifs is 1. The summed E-state index contributed by atoms with van der Waals surface area (Å²) in [5, 5.41) is 24.1. The molecule has 1 heterocycles. The molecule has 228 valence electrons. The maximum absolute atomic E-state index is 13.4. The van der Waals surface area contributed by atoms with Crippen molar-refractivity contribution in [2.24, 2.45) is 11.7 Å². The molecular formula is C30H36N6O6S. The number of aliphatic carboxylic acids is 1. The molecule has 12 nitrogen and oxygen atoms in total. The summed E-state index contributed by atoms with van der Waals surface area (Å²) in [5.74, 6) is -2.85. The van der Waals surface area contributed by atoms with Gasteiger partial charge in [-0.05, 0) is 47.2 Å². The lowest BCUT2D eigenvalue weighted by atomic mass is 9.98. The van der Waals surface area contributed by atoms with Crippen LogP contribution in [0.1, 0.15) is 24.8 Å². The number of carboxylic acid groups (broad SMARTS) is 1. The highest BCUT2D eigenvalue weighted by molar-refractivity contribution is 7.89. The van der Waals surface area contributed by atoms with Gasteiger partial charge in [0.15, 0.2) is 5.96 Å². The number of carbonyl (C=O) groups is 3. The number of carbonyl (C=O) groups excluding carboxylic acids is 2. The smallest absolute Gasteiger partial charge is 0.326 e. The number of nitrogens with two attached hydrogens (primary N) is 1. The topological polar surface area (TPSA) is 195 Å². The first-order valence-corrected chi connectivity index (χ1v) is 15.4. The quantitative estimate of drug-likeness (QED) is 0.131. The molecule has 0 bridgehead atoms. The summed E-state index contributed by atoms with van der Waals surface area (Å²) in [7, 11) is -4.29. The minimum atomic E-state index is -4.29. The number of rotatable bonds is 12. The number of carboxylic acids is 1. The Morgan fingerprint density at radius 2 is 1.70 bits per heavy atom. The number of benzene rings is 3. The van der Waals surface area contributed by atoms with Crippen LogP contribution in [0.3, 0.4) is 0 Å². The van der Waals surface area contributed by atoms with E-state index in [9.17, 15) is 27.9 Å². The van der Waals surface area contributed by atoms with E-state index in [1.54, 1.807) is 53.4 Å². The Kier molecular flexibility index (Phi) is 10.3. The van der Waals surface area contributed by atoms with E-state index in [-0.39, 0.29) is 29.7 Å². The molecule has 3 aromatic rings. The second-order valence-corrected chi connectivity index (χ2v) is 12.3. The van der Waals surface area contributed by atoms with Crippen LogP contribution in [0.2, 0.25) is 0 Å². The Hall–Kier alpha value is -4.49. The van der Waals surface area contributed by atoms with Crippen molar-refractivity contribution >= 4 is 44.5 Å². The van der Waals surface area contributed by atoms with Crippen molar-refractivity contribution in [3.05, 3.63) is 78.4 Å². The summed E-state index contributed by atoms with van der Waals surface area (Å²) >= 11 is 0. The van der Waals surface area contributed by atoms with Crippen molar-refractivity contribution in [3.63, 3.8) is 0 Å². The first-order chi connectivity index (χ1) is 20.5. The van der Waals surface area contributed by atoms with Gasteiger partial charge in [0, 0.05) is 26.1 Å². The van der Waals surface area contributed by atoms with Crippen LogP contribution in [0.4, 0.5) is 0 Å². The normalized spacial score (nSPS) is 16.7. The van der Waals surface area contributed by atoms with Gasteiger partial charge in [0.25, 0.3) is 0 Å². The molecule has 3 aromatic carbocycles. The van der Waals surface area contributed by atoms with Gasteiger partial charge in [0.1, 0.15) is 12.1 Å². The predicted octanol–water partition coefficient (Wildman–Crippen LogP) is 1.41. The Morgan fingerprint density at radius 3 is 2.40 bits per heavy atom. The van der Waals surface area contributed by atoms with Crippen molar-refractivity contribution in [3.8, 4) is 0 Å². The lowest BCUT2D eigenvalue weighted by molar-refractivity contribution is -0.142. The van der Waals surface area contributed by atoms with Gasteiger partial charge in [0.2, 0.25) is 21.8 Å². The second-order valence-electron chi connectivity index (χ2n) is 10.6. The maximum Gasteiger partial charge on any atom is 0.326 e. The van der Waals surface area contributed by atoms with E-state index >= 15 is 0 Å². The van der Waals surface area contributed by atoms with Crippen LogP contribution in [-0.2, 0) is 30.8 Å². The Labute approximate surface area is 250 Å². The number of amides is 2. The Morgan fingerprint density at radius 1 is 1.00 bits per heavy atom. The lowest BCUT2D eigenvalue weighted by Gasteiger charge is -2.33. The molecule has 0 radical (unpaired) electrons. The van der Waals surface area contributed by atoms with E-state index in [1.807, 2.05) is 12.1 Å². The van der Waals surface area contributed by atoms with Crippen LogP contribution >= 0.6 is 0 Å². The SMILES string of the molecule is N=C(N)N1CCC[C@@H](CNC(=O)C[C@H](NS(=O)(=O)c2ccc3ccccc3c2)C(=O)N[C@H](Cc2ccccc2)C(=O)O)C1. The Bertz CT molecular complexity index is 1580. The molecule has 43 heavy (non-hydrogen) atoms. The van der Waals surface area contributed by atoms with E-state index in [0.717, 1.165) is 18.2 Å². The summed E-state index contributed by atoms with van der Waals surface area (Å²) in [6.45, 7) is 1.40. The van der Waals surface area contributed by atoms with Crippen molar-refractivity contribution in [1.82, 2.24) is 20.3 Å². The molecule has 1 saturated heterocycles. The van der Waals surface area contributed by atoms with Crippen molar-refractivity contribution in [2.45, 2.75) is 42.7 Å². The van der Waals surface area contributed by atoms with Gasteiger partial charge >= 0.3 is 5.97 Å². The molecule has 0 aliphatic carbocycles. The van der Waals surface area contributed by atoms with Crippen molar-refractivity contribution in [1.29, 1.82) is 5.41 Å². The highest BCUT2D eigenvalue weighted by Crippen LogP contribution is 2.20. The third-order valence-corrected chi connectivity index (χ3v) is 8.85. The number of piperidine rings is 1. The monoisotopic (exact) mass is 608 g/mol. The zero-order chi connectivity index (χ0) is 31.0. The van der Waals surface area contributed by atoms with Crippen LogP contribution in [0.15, 0.2) is 77.7 Å². The standard InChI is InChI=1S/C30H36N6O6S/c31-30(32)36-14-6-9-21(19-36)18-33-27(37)17-25(28(38)34-26(29(39)40)15-20-7-2-1-3-8-20)35-43(41,42)24-13-12-22-10-4-5-11-23(22)16-24/h1-5,7-8,10-13,16,21,25-26,35H,6,9,14-15,17-19H2,(H3,31,32)(H,33,37)(H,34,38)(H,39,40)/t21-,25-,26+/m0/s1. The molecule has 1 fully saturated rings. The second kappa shape index (κ2) is 14.1. The average molecular weight is 609 g/mol. The number of hydrogen-bond acceptors (Lipinski definition) is 6. The van der Waals surface area contributed by atoms with Crippen LogP contribution in [0.25, 0.3) is 10.8 Å². The van der Waals surface area contributed by atoms with Crippen molar-refractivity contribution < 1.29 is 27.9 Å². The van der Waals surface area contributed by atoms with E-state index in [4.69, 9.17) is 11.1 Å². The number of likely N-dealkylation sites (tertiary alicyclic amines) is 1. The lowest BCUT2D eigenvalue weighted by Crippen LogP contribution is -2.53. The fraction of sp³-hybridized carbons (Fsp3) is 0.333. The number of nitrogens with one attached hydrogen (secondary N) is 4. The molecule has 13 heteroatoms. The number of nitrogens with zero attached hydrogens (tertiary/aromatic N) is 1. The first-order valence-electron chi connectivity index (χ1n) is 14.0. The van der Waals surface area contributed by atoms with E-state index in [2.05, 4.69) is 15.4 Å². The van der Waals surface area contributed by atoms with Gasteiger partial charge in [-0.15, -0.1) is 0 Å². The summed E-state index contributed by atoms with van der Waals surface area (Å²) in [5.41, 5.74) is 6.26. The van der Waals surface area contributed by atoms with Crippen LogP contribution < -0.4 is 21.1 Å². The van der Waals surface area contributed by atoms with Gasteiger partial charge < -0.3 is 26.4 Å². The summed E-state index contributed by atoms with van der Waals surface area (Å²) in [6.07, 6.45) is 1.02. The van der Waals surface area contributed by atoms with Crippen molar-refractivity contribution in [2.75, 3.05) is 19.6 Å². The molecule has 1 aliphatic heterocycles. The third kappa shape index (κ3) is 8.75. The Balaban J connectivity index is 1.51. The summed E-state index contributed by atoms with van der Waals surface area (Å²) in [4.78, 5) is 40.0. The van der Waals surface area contributed by atoms with Gasteiger partial charge in [-0.3, -0.25) is 15.0 Å². The van der Waals surface area contributed by atoms with E-state index in [1.165, 1.54) is 12.1 Å². The predicted molar refractivity (Wildman–Crippen MR) is 162 cm³/mol. The van der Waals surface area contributed by atoms with Crippen LogP contribution in [-0.4, -0.2) is 73.9 Å². The van der Waals surface area contributed by atoms with Crippen LogP contribution in [0.5, 0.6) is 0 Å². The molecule has 0 spiro atoms. The molecule has 2 amide bonds. The van der Waals surface area contributed by atoms with Crippen LogP contribution in [0, 0.1) is 11.3 Å². The molecule has 1 aliphatic rings. The molecule has 0 aromatic heterocycles. The zero-order valence-corrected chi connectivity index (χ0v) is 24.3. The molecule has 0 unspecified atom stereocenters. The maximum atomic E-state index is 13.4. The zero-order valence-electron chi connectivity index (χ0n) is 23.5. The molecular weight excluding hydrogens is 572 g/mol. The van der Waals surface area contributed by atoms with Gasteiger partial charge in [-0.25, -0.2) is 13.2 Å². The largest absolute Gasteiger partial charge is 0.480 e. The molecule has 0 saturated carbocycles. The summed E-state index contributed by atoms with van der Waals surface area (Å²) in [6, 6.07) is 17.4. The first kappa shape index (κ1) is 31.4. The minimum absolute atomic E-state index is 0.0189. The minimum Gasteiger partial charge on any atom is -0.480 e. The van der Waals surface area contributed by atoms with Gasteiger partial charge in [-0.1, -0.05) is 60.7 Å². The highest BCUT2D eigenvalue weighted by Gasteiger charge is 2.32. The number of hydrogen-bond donors (Lipinski definition) is 6. The fourth-order valence-corrected chi connectivity index (χ4v) is 6.30. The van der Waals surface area contributed by atoms with E-state index in [0.29, 0.717) is 24.0 Å². The average Bonchev–Trinajstić information content (AvgIpc) is 2.99. The van der Waals surface area contributed by atoms with Gasteiger partial charge in [0.05, 0.1) is 11.3 Å². The highest BCUT2D eigenvalue weighted by atomic mass is 32.2. The number of guanidine groups is 1. The third-order valence-electron chi connectivity index (χ3n) is 7.38. The number of sulfonamides is 1. The fourth-order valence-electron chi connectivity index (χ4n) is 5.07. The van der Waals surface area contributed by atoms with Gasteiger partial charge in [-0.2, -0.15) is 4.72 Å².